The molecule has 2 N–H and O–H groups in total. The van der Waals surface area contributed by atoms with Gasteiger partial charge in [-0.2, -0.15) is 0 Å². The molecule has 0 saturated carbocycles. The lowest BCUT2D eigenvalue weighted by Gasteiger charge is -2.55. The molecule has 37 heavy (non-hydrogen) atoms. The molecule has 0 spiro atoms. The molecule has 0 aliphatic carbocycles. The maximum absolute atomic E-state index is 13.4. The summed E-state index contributed by atoms with van der Waals surface area (Å²) in [5.41, 5.74) is 2.13. The number of rotatable bonds is 9. The van der Waals surface area contributed by atoms with Gasteiger partial charge in [0.2, 0.25) is 5.91 Å². The van der Waals surface area contributed by atoms with Crippen LogP contribution in [-0.2, 0) is 22.6 Å². The normalized spacial score (nSPS) is 20.4. The molecule has 2 atom stereocenters. The predicted octanol–water partition coefficient (Wildman–Crippen LogP) is 2.01. The predicted molar refractivity (Wildman–Crippen MR) is 138 cm³/mol. The number of benzene rings is 2. The zero-order chi connectivity index (χ0) is 26.4. The summed E-state index contributed by atoms with van der Waals surface area (Å²) in [4.78, 5) is 41.8. The van der Waals surface area contributed by atoms with Crippen molar-refractivity contribution in [3.05, 3.63) is 65.7 Å². The second kappa shape index (κ2) is 12.1. The first-order valence-corrected chi connectivity index (χ1v) is 12.6. The second-order valence-corrected chi connectivity index (χ2v) is 9.53. The smallest absolute Gasteiger partial charge is 0.334 e. The van der Waals surface area contributed by atoms with Crippen LogP contribution in [0, 0.1) is 0 Å². The summed E-state index contributed by atoms with van der Waals surface area (Å²) in [6, 6.07) is 17.0. The summed E-state index contributed by atoms with van der Waals surface area (Å²) < 4.78 is 5.24. The van der Waals surface area contributed by atoms with Gasteiger partial charge in [0.1, 0.15) is 11.9 Å². The molecule has 2 fully saturated rings. The summed E-state index contributed by atoms with van der Waals surface area (Å²) in [7, 11) is 3.37. The van der Waals surface area contributed by atoms with E-state index in [0.29, 0.717) is 26.1 Å². The van der Waals surface area contributed by atoms with Gasteiger partial charge in [-0.25, -0.2) is 14.8 Å². The van der Waals surface area contributed by atoms with Crippen molar-refractivity contribution in [1.29, 1.82) is 0 Å². The van der Waals surface area contributed by atoms with E-state index in [9.17, 15) is 19.5 Å². The molecule has 3 amide bonds. The number of methoxy groups -OCH3 is 1. The maximum atomic E-state index is 13.4. The zero-order valence-electron chi connectivity index (χ0n) is 21.4. The molecule has 2 heterocycles. The molecule has 10 nitrogen and oxygen atoms in total. The van der Waals surface area contributed by atoms with Gasteiger partial charge in [-0.3, -0.25) is 14.5 Å². The number of urea groups is 1. The fourth-order valence-corrected chi connectivity index (χ4v) is 5.10. The van der Waals surface area contributed by atoms with Crippen LogP contribution in [0.2, 0.25) is 0 Å². The van der Waals surface area contributed by atoms with Crippen molar-refractivity contribution in [3.8, 4) is 5.75 Å². The Morgan fingerprint density at radius 3 is 2.46 bits per heavy atom. The number of fused-ring (bicyclic) bond motifs is 1. The maximum Gasteiger partial charge on any atom is 0.334 e. The average molecular weight is 510 g/mol. The van der Waals surface area contributed by atoms with Crippen LogP contribution in [-0.4, -0.2) is 95.4 Å². The molecule has 10 heteroatoms. The number of carbonyl (C=O) groups is 3. The second-order valence-electron chi connectivity index (χ2n) is 9.53. The highest BCUT2D eigenvalue weighted by Gasteiger charge is 2.47. The Morgan fingerprint density at radius 1 is 1.05 bits per heavy atom. The molecule has 0 unspecified atom stereocenters. The Balaban J connectivity index is 1.51. The Bertz CT molecular complexity index is 1080. The fourth-order valence-electron chi connectivity index (χ4n) is 5.10. The van der Waals surface area contributed by atoms with E-state index in [4.69, 9.17) is 4.74 Å². The van der Waals surface area contributed by atoms with Gasteiger partial charge < -0.3 is 20.1 Å². The van der Waals surface area contributed by atoms with Gasteiger partial charge >= 0.3 is 12.0 Å². The third-order valence-electron chi connectivity index (χ3n) is 6.97. The molecular weight excluding hydrogens is 474 g/mol. The van der Waals surface area contributed by atoms with Crippen molar-refractivity contribution in [1.82, 2.24) is 25.1 Å². The van der Waals surface area contributed by atoms with Crippen LogP contribution in [0.3, 0.4) is 0 Å². The number of ether oxygens (including phenoxy) is 1. The lowest BCUT2D eigenvalue weighted by Crippen LogP contribution is -2.74. The SMILES string of the molecule is COc1ccc(CCN2C[C@H](CCC(=O)O)N3C(=O)CN(C)N(C(=O)NCc4ccccc4)[C@H]3C2)cc1. The minimum absolute atomic E-state index is 0.0382. The molecule has 2 aromatic carbocycles. The van der Waals surface area contributed by atoms with E-state index in [1.165, 1.54) is 0 Å². The molecule has 0 bridgehead atoms. The number of piperazine rings is 1. The number of hydrazine groups is 1. The third-order valence-corrected chi connectivity index (χ3v) is 6.97. The van der Waals surface area contributed by atoms with Gasteiger partial charge in [-0.1, -0.05) is 42.5 Å². The summed E-state index contributed by atoms with van der Waals surface area (Å²) in [5.74, 6) is -0.192. The number of carboxylic acid groups (broad SMARTS) is 1. The molecule has 0 radical (unpaired) electrons. The van der Waals surface area contributed by atoms with Gasteiger partial charge in [-0.15, -0.1) is 0 Å². The van der Waals surface area contributed by atoms with Crippen molar-refractivity contribution >= 4 is 17.9 Å². The third kappa shape index (κ3) is 6.58. The number of carbonyl (C=O) groups excluding carboxylic acids is 2. The standard InChI is InChI=1S/C27H35N5O5/c1-29-19-25(33)31-22(10-13-26(34)35)17-30(15-14-20-8-11-23(37-2)12-9-20)18-24(31)32(29)27(36)28-16-21-6-4-3-5-7-21/h3-9,11-12,22,24H,10,13-19H2,1-2H3,(H,28,36)(H,34,35)/t22-,24-/m0/s1. The topological polar surface area (TPSA) is 106 Å². The van der Waals surface area contributed by atoms with Crippen molar-refractivity contribution in [2.75, 3.05) is 40.3 Å². The van der Waals surface area contributed by atoms with Crippen molar-refractivity contribution in [2.24, 2.45) is 0 Å². The largest absolute Gasteiger partial charge is 0.497 e. The van der Waals surface area contributed by atoms with E-state index in [1.54, 1.807) is 29.1 Å². The first-order valence-electron chi connectivity index (χ1n) is 12.6. The number of nitrogens with zero attached hydrogens (tertiary/aromatic N) is 4. The summed E-state index contributed by atoms with van der Waals surface area (Å²) in [6.07, 6.45) is 0.556. The molecule has 2 aliphatic rings. The van der Waals surface area contributed by atoms with Crippen molar-refractivity contribution in [2.45, 2.75) is 38.0 Å². The van der Waals surface area contributed by atoms with Crippen LogP contribution in [0.25, 0.3) is 0 Å². The van der Waals surface area contributed by atoms with E-state index in [1.807, 2.05) is 54.6 Å². The van der Waals surface area contributed by atoms with Gasteiger partial charge in [-0.05, 0) is 36.1 Å². The van der Waals surface area contributed by atoms with E-state index >= 15 is 0 Å². The number of carboxylic acids is 1. The summed E-state index contributed by atoms with van der Waals surface area (Å²) in [6.45, 7) is 2.19. The number of nitrogens with one attached hydrogen (secondary N) is 1. The van der Waals surface area contributed by atoms with Gasteiger partial charge in [0.25, 0.3) is 0 Å². The molecular formula is C27H35N5O5. The van der Waals surface area contributed by atoms with Gasteiger partial charge in [0.05, 0.1) is 13.7 Å². The number of likely N-dealkylation sites (N-methyl/N-ethyl adjacent to an activating group) is 1. The van der Waals surface area contributed by atoms with Crippen LogP contribution in [0.5, 0.6) is 5.75 Å². The number of hydrogen-bond acceptors (Lipinski definition) is 6. The Hall–Kier alpha value is -3.63. The first-order chi connectivity index (χ1) is 17.9. The van der Waals surface area contributed by atoms with Crippen LogP contribution in [0.4, 0.5) is 4.79 Å². The highest BCUT2D eigenvalue weighted by Crippen LogP contribution is 2.27. The lowest BCUT2D eigenvalue weighted by molar-refractivity contribution is -0.180. The number of hydrogen-bond donors (Lipinski definition) is 2. The van der Waals surface area contributed by atoms with Crippen molar-refractivity contribution in [3.63, 3.8) is 0 Å². The Labute approximate surface area is 217 Å². The lowest BCUT2D eigenvalue weighted by atomic mass is 10.0. The highest BCUT2D eigenvalue weighted by atomic mass is 16.5. The van der Waals surface area contributed by atoms with Crippen LogP contribution in [0.15, 0.2) is 54.6 Å². The first kappa shape index (κ1) is 26.4. The number of amides is 3. The van der Waals surface area contributed by atoms with E-state index in [2.05, 4.69) is 10.2 Å². The Morgan fingerprint density at radius 2 is 1.78 bits per heavy atom. The molecule has 2 aromatic rings. The molecule has 2 aliphatic heterocycles. The average Bonchev–Trinajstić information content (AvgIpc) is 2.90. The monoisotopic (exact) mass is 509 g/mol. The van der Waals surface area contributed by atoms with E-state index in [0.717, 1.165) is 29.8 Å². The van der Waals surface area contributed by atoms with Gasteiger partial charge in [0, 0.05) is 45.7 Å². The zero-order valence-corrected chi connectivity index (χ0v) is 21.4. The van der Waals surface area contributed by atoms with Gasteiger partial charge in [0.15, 0.2) is 0 Å². The summed E-state index contributed by atoms with van der Waals surface area (Å²) >= 11 is 0. The highest BCUT2D eigenvalue weighted by molar-refractivity contribution is 5.83. The fraction of sp³-hybridized carbons (Fsp3) is 0.444. The molecule has 0 aromatic heterocycles. The van der Waals surface area contributed by atoms with Crippen LogP contribution in [0.1, 0.15) is 24.0 Å². The van der Waals surface area contributed by atoms with Crippen LogP contribution < -0.4 is 10.1 Å². The Kier molecular flexibility index (Phi) is 8.62. The van der Waals surface area contributed by atoms with Crippen LogP contribution >= 0.6 is 0 Å². The van der Waals surface area contributed by atoms with E-state index < -0.39 is 12.1 Å². The summed E-state index contributed by atoms with van der Waals surface area (Å²) in [5, 5.41) is 15.6. The van der Waals surface area contributed by atoms with E-state index in [-0.39, 0.29) is 30.9 Å². The molecule has 2 saturated heterocycles. The quantitative estimate of drug-likeness (QED) is 0.533. The minimum Gasteiger partial charge on any atom is -0.497 e. The molecule has 4 rings (SSSR count). The molecule has 198 valence electrons. The number of aliphatic carboxylic acids is 1. The minimum atomic E-state index is -0.897. The van der Waals surface area contributed by atoms with Crippen molar-refractivity contribution < 1.29 is 24.2 Å².